The predicted molar refractivity (Wildman–Crippen MR) is 73.4 cm³/mol. The van der Waals surface area contributed by atoms with Gasteiger partial charge in [-0.3, -0.25) is 4.79 Å². The van der Waals surface area contributed by atoms with E-state index >= 15 is 0 Å². The number of aromatic carboxylic acids is 1. The van der Waals surface area contributed by atoms with Gasteiger partial charge < -0.3 is 14.6 Å². The lowest BCUT2D eigenvalue weighted by Gasteiger charge is -2.14. The van der Waals surface area contributed by atoms with Crippen molar-refractivity contribution in [2.24, 2.45) is 0 Å². The second-order valence-corrected chi connectivity index (χ2v) is 5.12. The number of hydrogen-bond donors (Lipinski definition) is 1. The fourth-order valence-electron chi connectivity index (χ4n) is 2.12. The highest BCUT2D eigenvalue weighted by molar-refractivity contribution is 5.91. The Hall–Kier alpha value is -2.44. The molecule has 0 saturated heterocycles. The molecule has 0 aliphatic heterocycles. The standard InChI is InChI=1S/C13H14N4O3/c1-16(2)13-14-5-8-10(18)9(12(19)20)6-17(7-3-4-7)11(8)15-13/h5-7H,3-4H2,1-2H3,(H,19,20). The summed E-state index contributed by atoms with van der Waals surface area (Å²) in [5.74, 6) is -0.725. The summed E-state index contributed by atoms with van der Waals surface area (Å²) < 4.78 is 1.79. The van der Waals surface area contributed by atoms with E-state index in [2.05, 4.69) is 9.97 Å². The van der Waals surface area contributed by atoms with Crippen LogP contribution in [0.1, 0.15) is 29.2 Å². The number of carbonyl (C=O) groups is 1. The van der Waals surface area contributed by atoms with Crippen molar-refractivity contribution < 1.29 is 9.90 Å². The Balaban J connectivity index is 2.36. The summed E-state index contributed by atoms with van der Waals surface area (Å²) in [6, 6.07) is 0.223. The Bertz CT molecular complexity index is 762. The molecule has 3 rings (SSSR count). The third-order valence-electron chi connectivity index (χ3n) is 3.33. The van der Waals surface area contributed by atoms with Gasteiger partial charge in [0.1, 0.15) is 11.2 Å². The molecule has 1 saturated carbocycles. The molecule has 1 aliphatic carbocycles. The Morgan fingerprint density at radius 3 is 2.70 bits per heavy atom. The van der Waals surface area contributed by atoms with Gasteiger partial charge in [0.15, 0.2) is 0 Å². The molecular weight excluding hydrogens is 260 g/mol. The summed E-state index contributed by atoms with van der Waals surface area (Å²) in [7, 11) is 3.62. The monoisotopic (exact) mass is 274 g/mol. The van der Waals surface area contributed by atoms with Crippen LogP contribution in [0.3, 0.4) is 0 Å². The lowest BCUT2D eigenvalue weighted by atomic mass is 10.2. The summed E-state index contributed by atoms with van der Waals surface area (Å²) in [5.41, 5.74) is -0.262. The molecule has 20 heavy (non-hydrogen) atoms. The molecular formula is C13H14N4O3. The Kier molecular flexibility index (Phi) is 2.70. The molecule has 2 aromatic heterocycles. The molecule has 2 aromatic rings. The first-order chi connectivity index (χ1) is 9.49. The van der Waals surface area contributed by atoms with Crippen LogP contribution in [-0.2, 0) is 0 Å². The van der Waals surface area contributed by atoms with E-state index in [1.165, 1.54) is 12.4 Å². The zero-order valence-electron chi connectivity index (χ0n) is 11.2. The molecule has 1 N–H and O–H groups in total. The fraction of sp³-hybridized carbons (Fsp3) is 0.385. The van der Waals surface area contributed by atoms with E-state index in [1.807, 2.05) is 14.1 Å². The summed E-state index contributed by atoms with van der Waals surface area (Å²) >= 11 is 0. The molecule has 0 bridgehead atoms. The molecule has 7 heteroatoms. The minimum absolute atomic E-state index is 0.223. The highest BCUT2D eigenvalue weighted by atomic mass is 16.4. The number of nitrogens with zero attached hydrogens (tertiary/aromatic N) is 4. The van der Waals surface area contributed by atoms with Crippen molar-refractivity contribution in [1.82, 2.24) is 14.5 Å². The minimum atomic E-state index is -1.22. The highest BCUT2D eigenvalue weighted by Gasteiger charge is 2.27. The second kappa shape index (κ2) is 4.29. The maximum absolute atomic E-state index is 12.2. The van der Waals surface area contributed by atoms with Gasteiger partial charge in [-0.15, -0.1) is 0 Å². The van der Waals surface area contributed by atoms with Crippen LogP contribution in [0.25, 0.3) is 11.0 Å². The van der Waals surface area contributed by atoms with Gasteiger partial charge in [-0.1, -0.05) is 0 Å². The third kappa shape index (κ3) is 1.91. The Labute approximate surface area is 114 Å². The first-order valence-corrected chi connectivity index (χ1v) is 6.31. The van der Waals surface area contributed by atoms with E-state index in [0.717, 1.165) is 12.8 Å². The Morgan fingerprint density at radius 1 is 1.45 bits per heavy atom. The van der Waals surface area contributed by atoms with Crippen molar-refractivity contribution in [3.8, 4) is 0 Å². The zero-order valence-corrected chi connectivity index (χ0v) is 11.2. The van der Waals surface area contributed by atoms with Crippen LogP contribution in [0.5, 0.6) is 0 Å². The van der Waals surface area contributed by atoms with Crippen molar-refractivity contribution in [2.75, 3.05) is 19.0 Å². The maximum atomic E-state index is 12.2. The number of rotatable bonds is 3. The highest BCUT2D eigenvalue weighted by Crippen LogP contribution is 2.36. The minimum Gasteiger partial charge on any atom is -0.477 e. The maximum Gasteiger partial charge on any atom is 0.341 e. The molecule has 1 aliphatic rings. The van der Waals surface area contributed by atoms with Crippen LogP contribution < -0.4 is 10.3 Å². The SMILES string of the molecule is CN(C)c1ncc2c(=O)c(C(=O)O)cn(C3CC3)c2n1. The van der Waals surface area contributed by atoms with Crippen LogP contribution in [0.2, 0.25) is 0 Å². The molecule has 0 atom stereocenters. The molecule has 104 valence electrons. The summed E-state index contributed by atoms with van der Waals surface area (Å²) in [4.78, 5) is 33.6. The van der Waals surface area contributed by atoms with Crippen molar-refractivity contribution in [1.29, 1.82) is 0 Å². The fourth-order valence-corrected chi connectivity index (χ4v) is 2.12. The average molecular weight is 274 g/mol. The van der Waals surface area contributed by atoms with Crippen LogP contribution in [0, 0.1) is 0 Å². The molecule has 1 fully saturated rings. The van der Waals surface area contributed by atoms with Gasteiger partial charge in [0.2, 0.25) is 11.4 Å². The lowest BCUT2D eigenvalue weighted by molar-refractivity contribution is 0.0695. The van der Waals surface area contributed by atoms with Gasteiger partial charge in [-0.05, 0) is 12.8 Å². The third-order valence-corrected chi connectivity index (χ3v) is 3.33. The number of fused-ring (bicyclic) bond motifs is 1. The van der Waals surface area contributed by atoms with E-state index in [-0.39, 0.29) is 17.0 Å². The Morgan fingerprint density at radius 2 is 2.15 bits per heavy atom. The number of pyridine rings is 1. The smallest absolute Gasteiger partial charge is 0.341 e. The van der Waals surface area contributed by atoms with Gasteiger partial charge in [0.25, 0.3) is 0 Å². The van der Waals surface area contributed by atoms with Gasteiger partial charge >= 0.3 is 5.97 Å². The number of carboxylic acids is 1. The van der Waals surface area contributed by atoms with E-state index in [4.69, 9.17) is 5.11 Å². The molecule has 2 heterocycles. The van der Waals surface area contributed by atoms with Gasteiger partial charge in [-0.25, -0.2) is 9.78 Å². The van der Waals surface area contributed by atoms with Crippen molar-refractivity contribution >= 4 is 23.0 Å². The van der Waals surface area contributed by atoms with Gasteiger partial charge in [0.05, 0.1) is 5.39 Å². The topological polar surface area (TPSA) is 88.3 Å². The average Bonchev–Trinajstić information content (AvgIpc) is 3.22. The van der Waals surface area contributed by atoms with E-state index in [0.29, 0.717) is 11.6 Å². The van der Waals surface area contributed by atoms with Crippen molar-refractivity contribution in [2.45, 2.75) is 18.9 Å². The van der Waals surface area contributed by atoms with E-state index in [9.17, 15) is 9.59 Å². The van der Waals surface area contributed by atoms with Crippen molar-refractivity contribution in [3.05, 3.63) is 28.2 Å². The van der Waals surface area contributed by atoms with Crippen molar-refractivity contribution in [3.63, 3.8) is 0 Å². The quantitative estimate of drug-likeness (QED) is 0.894. The van der Waals surface area contributed by atoms with Crippen LogP contribution in [-0.4, -0.2) is 39.7 Å². The van der Waals surface area contributed by atoms with Gasteiger partial charge in [-0.2, -0.15) is 4.98 Å². The zero-order chi connectivity index (χ0) is 14.4. The number of anilines is 1. The first kappa shape index (κ1) is 12.6. The summed E-state index contributed by atoms with van der Waals surface area (Å²) in [6.45, 7) is 0. The van der Waals surface area contributed by atoms with Crippen LogP contribution in [0.15, 0.2) is 17.2 Å². The van der Waals surface area contributed by atoms with Crippen LogP contribution >= 0.6 is 0 Å². The first-order valence-electron chi connectivity index (χ1n) is 6.31. The number of carboxylic acid groups (broad SMARTS) is 1. The number of hydrogen-bond acceptors (Lipinski definition) is 5. The van der Waals surface area contributed by atoms with Crippen LogP contribution in [0.4, 0.5) is 5.95 Å². The van der Waals surface area contributed by atoms with E-state index in [1.54, 1.807) is 9.47 Å². The predicted octanol–water partition coefficient (Wildman–Crippen LogP) is 0.891. The molecule has 0 radical (unpaired) electrons. The largest absolute Gasteiger partial charge is 0.477 e. The molecule has 0 aromatic carbocycles. The second-order valence-electron chi connectivity index (χ2n) is 5.12. The molecule has 0 amide bonds. The van der Waals surface area contributed by atoms with Gasteiger partial charge in [0, 0.05) is 32.5 Å². The molecule has 0 unspecified atom stereocenters. The summed E-state index contributed by atoms with van der Waals surface area (Å²) in [5, 5.41) is 9.38. The number of aromatic nitrogens is 3. The molecule has 7 nitrogen and oxygen atoms in total. The summed E-state index contributed by atoms with van der Waals surface area (Å²) in [6.07, 6.45) is 4.75. The lowest BCUT2D eigenvalue weighted by Crippen LogP contribution is -2.21. The normalized spacial score (nSPS) is 14.5. The molecule has 0 spiro atoms. The van der Waals surface area contributed by atoms with E-state index < -0.39 is 11.4 Å².